The summed E-state index contributed by atoms with van der Waals surface area (Å²) in [4.78, 5) is 32.5. The third-order valence-corrected chi connectivity index (χ3v) is 8.48. The molecule has 0 unspecified atom stereocenters. The van der Waals surface area contributed by atoms with Gasteiger partial charge >= 0.3 is 5.97 Å². The number of rotatable bonds is 8. The second kappa shape index (κ2) is 12.1. The molecule has 2 aromatic carbocycles. The number of ether oxygens (including phenoxy) is 3. The Morgan fingerprint density at radius 3 is 2.59 bits per heavy atom. The van der Waals surface area contributed by atoms with E-state index in [1.807, 2.05) is 60.2 Å². The van der Waals surface area contributed by atoms with Crippen LogP contribution in [0.1, 0.15) is 38.1 Å². The lowest BCUT2D eigenvalue weighted by Gasteiger charge is -2.26. The topological polar surface area (TPSA) is 84.1 Å². The molecule has 0 N–H and O–H groups in total. The summed E-state index contributed by atoms with van der Waals surface area (Å²) in [5.41, 5.74) is 2.82. The molecule has 1 atom stereocenters. The summed E-state index contributed by atoms with van der Waals surface area (Å²) >= 11 is 11.0. The van der Waals surface area contributed by atoms with Gasteiger partial charge in [-0.05, 0) is 80.9 Å². The van der Waals surface area contributed by atoms with Crippen molar-refractivity contribution in [3.8, 4) is 17.2 Å². The molecule has 0 bridgehead atoms. The average molecular weight is 657 g/mol. The summed E-state index contributed by atoms with van der Waals surface area (Å²) in [7, 11) is 1.55. The second-order valence-electron chi connectivity index (χ2n) is 9.04. The number of carbonyl (C=O) groups is 1. The third-order valence-electron chi connectivity index (χ3n) is 6.56. The van der Waals surface area contributed by atoms with E-state index in [-0.39, 0.29) is 17.7 Å². The molecular weight excluding hydrogens is 630 g/mol. The Hall–Kier alpha value is -3.60. The molecule has 0 spiro atoms. The highest BCUT2D eigenvalue weighted by molar-refractivity contribution is 9.10. The molecule has 0 radical (unpaired) electrons. The number of benzene rings is 2. The number of halogens is 2. The molecule has 5 rings (SSSR count). The standard InChI is InChI=1S/C30H27BrClN3O5S/c1-5-39-24-16-22(31)21(15-23(24)38-4)27-26(29(37)40-6-2)17(3)33-30-35(27)28(36)25(41-30)14-20-8-7-13-34(20)19-11-9-18(32)10-12-19/h7-16,27H,5-6H2,1-4H3/b25-14+/t27-/m0/s1. The van der Waals surface area contributed by atoms with Crippen molar-refractivity contribution in [2.45, 2.75) is 26.8 Å². The molecule has 1 aliphatic heterocycles. The Balaban J connectivity index is 1.73. The van der Waals surface area contributed by atoms with E-state index in [0.717, 1.165) is 11.4 Å². The van der Waals surface area contributed by atoms with E-state index in [2.05, 4.69) is 20.9 Å². The largest absolute Gasteiger partial charge is 0.493 e. The van der Waals surface area contributed by atoms with Crippen molar-refractivity contribution in [2.24, 2.45) is 4.99 Å². The van der Waals surface area contributed by atoms with Crippen molar-refractivity contribution < 1.29 is 19.0 Å². The fourth-order valence-electron chi connectivity index (χ4n) is 4.76. The molecule has 4 aromatic rings. The normalized spacial score (nSPS) is 15.0. The second-order valence-corrected chi connectivity index (χ2v) is 11.3. The lowest BCUT2D eigenvalue weighted by atomic mass is 9.95. The van der Waals surface area contributed by atoms with Gasteiger partial charge in [0.2, 0.25) is 0 Å². The van der Waals surface area contributed by atoms with Gasteiger partial charge < -0.3 is 18.8 Å². The Morgan fingerprint density at radius 2 is 1.90 bits per heavy atom. The minimum absolute atomic E-state index is 0.183. The van der Waals surface area contributed by atoms with Crippen LogP contribution in [0, 0.1) is 0 Å². The summed E-state index contributed by atoms with van der Waals surface area (Å²) in [6, 6.07) is 14.0. The quantitative estimate of drug-likeness (QED) is 0.237. The number of hydrogen-bond donors (Lipinski definition) is 0. The zero-order valence-electron chi connectivity index (χ0n) is 22.8. The Labute approximate surface area is 253 Å². The van der Waals surface area contributed by atoms with Crippen molar-refractivity contribution in [3.05, 3.63) is 106 Å². The maximum Gasteiger partial charge on any atom is 0.338 e. The Morgan fingerprint density at radius 1 is 1.15 bits per heavy atom. The van der Waals surface area contributed by atoms with Gasteiger partial charge in [-0.2, -0.15) is 0 Å². The molecule has 8 nitrogen and oxygen atoms in total. The molecule has 0 saturated carbocycles. The predicted molar refractivity (Wildman–Crippen MR) is 163 cm³/mol. The monoisotopic (exact) mass is 655 g/mol. The maximum atomic E-state index is 14.1. The van der Waals surface area contributed by atoms with Crippen molar-refractivity contribution in [3.63, 3.8) is 0 Å². The van der Waals surface area contributed by atoms with Crippen LogP contribution in [0.15, 0.2) is 80.3 Å². The van der Waals surface area contributed by atoms with E-state index in [1.165, 1.54) is 11.3 Å². The zero-order valence-corrected chi connectivity index (χ0v) is 26.0. The van der Waals surface area contributed by atoms with Crippen LogP contribution in [0.25, 0.3) is 11.8 Å². The predicted octanol–water partition coefficient (Wildman–Crippen LogP) is 5.41. The molecule has 212 valence electrons. The van der Waals surface area contributed by atoms with Crippen molar-refractivity contribution in [2.75, 3.05) is 20.3 Å². The number of allylic oxidation sites excluding steroid dienone is 1. The minimum Gasteiger partial charge on any atom is -0.493 e. The SMILES string of the molecule is CCOC(=O)C1=C(C)N=c2s/c(=C/c3cccn3-c3ccc(Cl)cc3)c(=O)n2[C@H]1c1cc(OC)c(OCC)cc1Br. The lowest BCUT2D eigenvalue weighted by Crippen LogP contribution is -2.40. The van der Waals surface area contributed by atoms with Crippen LogP contribution in [0.3, 0.4) is 0 Å². The molecule has 1 aliphatic rings. The summed E-state index contributed by atoms with van der Waals surface area (Å²) in [6.45, 7) is 6.00. The number of thiazole rings is 1. The van der Waals surface area contributed by atoms with Gasteiger partial charge in [0.1, 0.15) is 0 Å². The van der Waals surface area contributed by atoms with E-state index in [4.69, 9.17) is 25.8 Å². The van der Waals surface area contributed by atoms with Crippen LogP contribution < -0.4 is 24.4 Å². The van der Waals surface area contributed by atoms with E-state index in [0.29, 0.717) is 48.2 Å². The molecule has 0 aliphatic carbocycles. The summed E-state index contributed by atoms with van der Waals surface area (Å²) in [5, 5.41) is 0.639. The van der Waals surface area contributed by atoms with Crippen LogP contribution >= 0.6 is 38.9 Å². The van der Waals surface area contributed by atoms with Crippen LogP contribution in [0.5, 0.6) is 11.5 Å². The van der Waals surface area contributed by atoms with Crippen LogP contribution in [-0.2, 0) is 9.53 Å². The Bertz CT molecular complexity index is 1840. The fraction of sp³-hybridized carbons (Fsp3) is 0.233. The van der Waals surface area contributed by atoms with Gasteiger partial charge in [-0.15, -0.1) is 0 Å². The summed E-state index contributed by atoms with van der Waals surface area (Å²) in [6.07, 6.45) is 3.74. The van der Waals surface area contributed by atoms with E-state index < -0.39 is 12.0 Å². The number of fused-ring (bicyclic) bond motifs is 1. The van der Waals surface area contributed by atoms with Crippen molar-refractivity contribution in [1.82, 2.24) is 9.13 Å². The van der Waals surface area contributed by atoms with E-state index in [1.54, 1.807) is 37.7 Å². The number of carbonyl (C=O) groups excluding carboxylic acids is 1. The first-order valence-electron chi connectivity index (χ1n) is 12.9. The van der Waals surface area contributed by atoms with Gasteiger partial charge in [-0.25, -0.2) is 9.79 Å². The van der Waals surface area contributed by atoms with Gasteiger partial charge in [0.05, 0.1) is 42.2 Å². The third kappa shape index (κ3) is 5.51. The van der Waals surface area contributed by atoms with Gasteiger partial charge in [0.15, 0.2) is 16.3 Å². The highest BCUT2D eigenvalue weighted by atomic mass is 79.9. The average Bonchev–Trinajstić information content (AvgIpc) is 3.53. The van der Waals surface area contributed by atoms with Gasteiger partial charge in [-0.1, -0.05) is 38.9 Å². The lowest BCUT2D eigenvalue weighted by molar-refractivity contribution is -0.139. The van der Waals surface area contributed by atoms with E-state index in [9.17, 15) is 9.59 Å². The first kappa shape index (κ1) is 28.9. The molecule has 2 aromatic heterocycles. The molecular formula is C30H27BrClN3O5S. The molecule has 0 saturated heterocycles. The highest BCUT2D eigenvalue weighted by Gasteiger charge is 2.35. The summed E-state index contributed by atoms with van der Waals surface area (Å²) < 4.78 is 21.4. The highest BCUT2D eigenvalue weighted by Crippen LogP contribution is 2.41. The van der Waals surface area contributed by atoms with Crippen molar-refractivity contribution >= 4 is 50.9 Å². The zero-order chi connectivity index (χ0) is 29.3. The van der Waals surface area contributed by atoms with Gasteiger partial charge in [0, 0.05) is 27.1 Å². The van der Waals surface area contributed by atoms with Crippen LogP contribution in [-0.4, -0.2) is 35.4 Å². The van der Waals surface area contributed by atoms with E-state index >= 15 is 0 Å². The van der Waals surface area contributed by atoms with Crippen molar-refractivity contribution in [1.29, 1.82) is 0 Å². The first-order chi connectivity index (χ1) is 19.8. The number of methoxy groups -OCH3 is 1. The molecule has 41 heavy (non-hydrogen) atoms. The number of hydrogen-bond acceptors (Lipinski definition) is 7. The van der Waals surface area contributed by atoms with Crippen LogP contribution in [0.4, 0.5) is 0 Å². The van der Waals surface area contributed by atoms with Gasteiger partial charge in [0.25, 0.3) is 5.56 Å². The fourth-order valence-corrected chi connectivity index (χ4v) is 6.45. The molecule has 0 fully saturated rings. The molecule has 0 amide bonds. The first-order valence-corrected chi connectivity index (χ1v) is 14.9. The minimum atomic E-state index is -0.811. The maximum absolute atomic E-state index is 14.1. The smallest absolute Gasteiger partial charge is 0.338 e. The summed E-state index contributed by atoms with van der Waals surface area (Å²) in [5.74, 6) is 0.481. The number of esters is 1. The Kier molecular flexibility index (Phi) is 8.53. The number of nitrogens with zero attached hydrogens (tertiary/aromatic N) is 3. The van der Waals surface area contributed by atoms with Gasteiger partial charge in [-0.3, -0.25) is 9.36 Å². The van der Waals surface area contributed by atoms with Crippen LogP contribution in [0.2, 0.25) is 5.02 Å². The molecule has 11 heteroatoms. The molecule has 3 heterocycles. The number of aromatic nitrogens is 2.